The minimum absolute atomic E-state index is 0.193. The van der Waals surface area contributed by atoms with Gasteiger partial charge in [-0.1, -0.05) is 0 Å². The molecule has 0 aliphatic rings. The molecule has 1 atom stereocenters. The third kappa shape index (κ3) is 3.79. The SMILES string of the molecule is CC(F)(F)C(C)(F)OC(F)(F)C(=O)C(F)(F)F. The third-order valence-electron chi connectivity index (χ3n) is 1.63. The Balaban J connectivity index is 5.08. The van der Waals surface area contributed by atoms with E-state index in [1.807, 2.05) is 0 Å². The molecule has 10 heteroatoms. The summed E-state index contributed by atoms with van der Waals surface area (Å²) < 4.78 is 100.0. The highest BCUT2D eigenvalue weighted by Crippen LogP contribution is 2.39. The van der Waals surface area contributed by atoms with Crippen molar-refractivity contribution in [1.82, 2.24) is 0 Å². The fraction of sp³-hybridized carbons (Fsp3) is 0.857. The quantitative estimate of drug-likeness (QED) is 0.736. The average Bonchev–Trinajstić information content (AvgIpc) is 1.96. The number of ketones is 1. The first-order valence-corrected chi connectivity index (χ1v) is 3.87. The van der Waals surface area contributed by atoms with Crippen LogP contribution in [0.15, 0.2) is 0 Å². The van der Waals surface area contributed by atoms with Crippen LogP contribution in [0.4, 0.5) is 35.1 Å². The van der Waals surface area contributed by atoms with E-state index in [1.54, 1.807) is 0 Å². The van der Waals surface area contributed by atoms with Crippen LogP contribution in [0.2, 0.25) is 0 Å². The molecule has 17 heavy (non-hydrogen) atoms. The Morgan fingerprint density at radius 1 is 0.882 bits per heavy atom. The smallest absolute Gasteiger partial charge is 0.280 e. The van der Waals surface area contributed by atoms with Gasteiger partial charge in [0.15, 0.2) is 0 Å². The van der Waals surface area contributed by atoms with Crippen molar-refractivity contribution in [3.63, 3.8) is 0 Å². The summed E-state index contributed by atoms with van der Waals surface area (Å²) in [5, 5.41) is 0. The summed E-state index contributed by atoms with van der Waals surface area (Å²) in [4.78, 5) is 10.1. The number of hydrogen-bond donors (Lipinski definition) is 0. The lowest BCUT2D eigenvalue weighted by molar-refractivity contribution is -0.364. The molecule has 0 heterocycles. The molecule has 0 amide bonds. The molecule has 102 valence electrons. The van der Waals surface area contributed by atoms with Crippen molar-refractivity contribution in [1.29, 1.82) is 0 Å². The molecule has 0 fully saturated rings. The van der Waals surface area contributed by atoms with Gasteiger partial charge in [0.2, 0.25) is 0 Å². The van der Waals surface area contributed by atoms with E-state index in [0.29, 0.717) is 0 Å². The van der Waals surface area contributed by atoms with Gasteiger partial charge in [0.25, 0.3) is 5.85 Å². The summed E-state index contributed by atoms with van der Waals surface area (Å²) in [6.07, 6.45) is -11.8. The fourth-order valence-corrected chi connectivity index (χ4v) is 0.542. The van der Waals surface area contributed by atoms with E-state index in [9.17, 15) is 39.9 Å². The standard InChI is InChI=1S/C7H6F8O2/c1-4(8,9)5(2,10)17-7(14,15)3(16)6(11,12)13/h1-2H3. The van der Waals surface area contributed by atoms with Crippen molar-refractivity contribution >= 4 is 5.78 Å². The average molecular weight is 274 g/mol. The van der Waals surface area contributed by atoms with Crippen molar-refractivity contribution < 1.29 is 44.7 Å². The van der Waals surface area contributed by atoms with Crippen LogP contribution in [0.3, 0.4) is 0 Å². The maximum Gasteiger partial charge on any atom is 0.459 e. The third-order valence-corrected chi connectivity index (χ3v) is 1.63. The number of rotatable bonds is 4. The maximum absolute atomic E-state index is 12.9. The highest BCUT2D eigenvalue weighted by Gasteiger charge is 2.62. The van der Waals surface area contributed by atoms with E-state index in [1.165, 1.54) is 0 Å². The second kappa shape index (κ2) is 4.07. The first kappa shape index (κ1) is 16.1. The molecule has 0 aromatic carbocycles. The van der Waals surface area contributed by atoms with Crippen molar-refractivity contribution in [2.45, 2.75) is 37.9 Å². The Morgan fingerprint density at radius 3 is 1.47 bits per heavy atom. The predicted molar refractivity (Wildman–Crippen MR) is 37.2 cm³/mol. The molecule has 0 saturated heterocycles. The van der Waals surface area contributed by atoms with E-state index >= 15 is 0 Å². The lowest BCUT2D eigenvalue weighted by atomic mass is 10.2. The molecule has 0 rings (SSSR count). The second-order valence-electron chi connectivity index (χ2n) is 3.25. The maximum atomic E-state index is 12.9. The lowest BCUT2D eigenvalue weighted by Gasteiger charge is -2.30. The van der Waals surface area contributed by atoms with Crippen molar-refractivity contribution in [3.8, 4) is 0 Å². The molecular formula is C7H6F8O2. The topological polar surface area (TPSA) is 26.3 Å². The predicted octanol–water partition coefficient (Wildman–Crippen LogP) is 3.07. The Hall–Kier alpha value is -0.930. The number of ether oxygens (including phenoxy) is 1. The second-order valence-corrected chi connectivity index (χ2v) is 3.25. The monoisotopic (exact) mass is 274 g/mol. The van der Waals surface area contributed by atoms with Gasteiger partial charge in [0.05, 0.1) is 0 Å². The Labute approximate surface area is 89.5 Å². The summed E-state index contributed by atoms with van der Waals surface area (Å²) >= 11 is 0. The Morgan fingerprint density at radius 2 is 1.24 bits per heavy atom. The van der Waals surface area contributed by atoms with Crippen LogP contribution in [0.1, 0.15) is 13.8 Å². The first-order valence-electron chi connectivity index (χ1n) is 3.87. The highest BCUT2D eigenvalue weighted by atomic mass is 19.4. The van der Waals surface area contributed by atoms with E-state index in [-0.39, 0.29) is 13.8 Å². The lowest BCUT2D eigenvalue weighted by Crippen LogP contribution is -2.52. The number of halogens is 8. The molecule has 0 aromatic rings. The van der Waals surface area contributed by atoms with E-state index in [2.05, 4.69) is 4.74 Å². The molecule has 0 radical (unpaired) electrons. The van der Waals surface area contributed by atoms with Crippen molar-refractivity contribution in [2.75, 3.05) is 0 Å². The van der Waals surface area contributed by atoms with Crippen LogP contribution in [-0.2, 0) is 9.53 Å². The molecule has 0 saturated carbocycles. The van der Waals surface area contributed by atoms with Crippen LogP contribution in [0.25, 0.3) is 0 Å². The largest absolute Gasteiger partial charge is 0.459 e. The Bertz CT molecular complexity index is 300. The highest BCUT2D eigenvalue weighted by molar-refractivity contribution is 5.89. The summed E-state index contributed by atoms with van der Waals surface area (Å²) in [6, 6.07) is 0. The minimum Gasteiger partial charge on any atom is -0.280 e. The number of alkyl halides is 8. The molecule has 2 nitrogen and oxygen atoms in total. The van der Waals surface area contributed by atoms with E-state index in [0.717, 1.165) is 0 Å². The normalized spacial score (nSPS) is 17.8. The molecule has 0 spiro atoms. The number of carbonyl (C=O) groups is 1. The molecule has 0 aliphatic heterocycles. The minimum atomic E-state index is -6.04. The zero-order valence-electron chi connectivity index (χ0n) is 8.34. The van der Waals surface area contributed by atoms with Gasteiger partial charge in [0.1, 0.15) is 0 Å². The van der Waals surface area contributed by atoms with Gasteiger partial charge in [-0.05, 0) is 0 Å². The van der Waals surface area contributed by atoms with Crippen LogP contribution in [-0.4, -0.2) is 29.8 Å². The summed E-state index contributed by atoms with van der Waals surface area (Å²) in [6.45, 7) is -0.411. The van der Waals surface area contributed by atoms with Crippen LogP contribution in [0, 0.1) is 0 Å². The van der Waals surface area contributed by atoms with Gasteiger partial charge in [-0.25, -0.2) is 13.2 Å². The van der Waals surface area contributed by atoms with Gasteiger partial charge in [-0.2, -0.15) is 22.0 Å². The zero-order valence-corrected chi connectivity index (χ0v) is 8.34. The summed E-state index contributed by atoms with van der Waals surface area (Å²) in [5.41, 5.74) is 0. The molecular weight excluding hydrogens is 268 g/mol. The number of Topliss-reactive ketones (excluding diaryl/α,β-unsaturated/α-hetero) is 1. The van der Waals surface area contributed by atoms with E-state index in [4.69, 9.17) is 0 Å². The van der Waals surface area contributed by atoms with Crippen LogP contribution < -0.4 is 0 Å². The molecule has 0 N–H and O–H groups in total. The van der Waals surface area contributed by atoms with Gasteiger partial charge in [-0.3, -0.25) is 9.53 Å². The molecule has 0 aliphatic carbocycles. The molecule has 1 unspecified atom stereocenters. The van der Waals surface area contributed by atoms with Crippen molar-refractivity contribution in [3.05, 3.63) is 0 Å². The first-order chi connectivity index (χ1) is 7.11. The van der Waals surface area contributed by atoms with Crippen LogP contribution >= 0.6 is 0 Å². The van der Waals surface area contributed by atoms with Gasteiger partial charge in [-0.15, -0.1) is 0 Å². The van der Waals surface area contributed by atoms with Crippen molar-refractivity contribution in [2.24, 2.45) is 0 Å². The van der Waals surface area contributed by atoms with Gasteiger partial charge >= 0.3 is 24.0 Å². The molecule has 0 aromatic heterocycles. The van der Waals surface area contributed by atoms with Gasteiger partial charge in [0, 0.05) is 13.8 Å². The summed E-state index contributed by atoms with van der Waals surface area (Å²) in [5.74, 6) is -12.7. The number of hydrogen-bond acceptors (Lipinski definition) is 2. The molecule has 0 bridgehead atoms. The van der Waals surface area contributed by atoms with Crippen LogP contribution in [0.5, 0.6) is 0 Å². The van der Waals surface area contributed by atoms with E-state index < -0.39 is 29.8 Å². The van der Waals surface area contributed by atoms with Gasteiger partial charge < -0.3 is 0 Å². The fourth-order valence-electron chi connectivity index (χ4n) is 0.542. The zero-order chi connectivity index (χ0) is 14.3. The number of carbonyl (C=O) groups excluding carboxylic acids is 1. The summed E-state index contributed by atoms with van der Waals surface area (Å²) in [7, 11) is 0. The Kier molecular flexibility index (Phi) is 3.85.